The van der Waals surface area contributed by atoms with Gasteiger partial charge >= 0.3 is 5.97 Å². The number of hydrogen-bond donors (Lipinski definition) is 1. The lowest BCUT2D eigenvalue weighted by Gasteiger charge is -2.20. The van der Waals surface area contributed by atoms with Crippen LogP contribution >= 0.6 is 23.2 Å². The third-order valence-electron chi connectivity index (χ3n) is 4.51. The third-order valence-corrected chi connectivity index (χ3v) is 4.93. The van der Waals surface area contributed by atoms with Crippen LogP contribution in [0.25, 0.3) is 0 Å². The molecule has 2 aromatic carbocycles. The Morgan fingerprint density at radius 3 is 2.32 bits per heavy atom. The van der Waals surface area contributed by atoms with Crippen molar-refractivity contribution in [3.05, 3.63) is 87.3 Å². The van der Waals surface area contributed by atoms with Crippen LogP contribution in [-0.2, 0) is 4.74 Å². The number of carbonyl (C=O) groups is 2. The fourth-order valence-electron chi connectivity index (χ4n) is 2.97. The highest BCUT2D eigenvalue weighted by molar-refractivity contribution is 6.31. The number of carbonyl (C=O) groups excluding carboxylic acids is 2. The van der Waals surface area contributed by atoms with Crippen LogP contribution in [0.5, 0.6) is 11.6 Å². The molecule has 0 aliphatic rings. The monoisotopic (exact) mass is 504 g/mol. The number of ether oxygens (including phenoxy) is 2. The molecule has 3 rings (SSSR count). The number of rotatable bonds is 6. The number of aromatic nitrogens is 1. The van der Waals surface area contributed by atoms with Crippen molar-refractivity contribution in [3.63, 3.8) is 0 Å². The molecule has 0 saturated carbocycles. The molecular formula is C25H23Cl2FN2O4. The molecule has 34 heavy (non-hydrogen) atoms. The first-order valence-corrected chi connectivity index (χ1v) is 11.1. The summed E-state index contributed by atoms with van der Waals surface area (Å²) in [5.41, 5.74) is 0.624. The van der Waals surface area contributed by atoms with Crippen molar-refractivity contribution in [2.24, 2.45) is 0 Å². The van der Waals surface area contributed by atoms with Crippen LogP contribution in [-0.4, -0.2) is 22.5 Å². The standard InChI is InChI=1S/C25H23Cl2FN2O4/c1-14(15-5-7-16(8-6-15)24(32)34-25(2,3)4)30-22(31)21-11-18(27)13-29-23(21)33-20-10-17(26)9-19(28)12-20/h5-14H,1-4H3,(H,30,31)/t14-/m0/s1. The predicted molar refractivity (Wildman–Crippen MR) is 128 cm³/mol. The second-order valence-corrected chi connectivity index (χ2v) is 9.41. The Morgan fingerprint density at radius 1 is 1.03 bits per heavy atom. The zero-order valence-corrected chi connectivity index (χ0v) is 20.5. The SMILES string of the molecule is C[C@H](NC(=O)c1cc(Cl)cnc1Oc1cc(F)cc(Cl)c1)c1ccc(C(=O)OC(C)(C)C)cc1. The van der Waals surface area contributed by atoms with Crippen molar-refractivity contribution in [2.75, 3.05) is 0 Å². The Hall–Kier alpha value is -3.16. The molecule has 0 radical (unpaired) electrons. The summed E-state index contributed by atoms with van der Waals surface area (Å²) in [4.78, 5) is 29.3. The Morgan fingerprint density at radius 2 is 1.71 bits per heavy atom. The van der Waals surface area contributed by atoms with E-state index in [1.165, 1.54) is 18.3 Å². The Kier molecular flexibility index (Phi) is 7.79. The minimum absolute atomic E-state index is 0.0592. The van der Waals surface area contributed by atoms with Crippen molar-refractivity contribution in [1.82, 2.24) is 10.3 Å². The van der Waals surface area contributed by atoms with Crippen molar-refractivity contribution in [2.45, 2.75) is 39.3 Å². The first-order valence-electron chi connectivity index (χ1n) is 10.3. The summed E-state index contributed by atoms with van der Waals surface area (Å²) in [7, 11) is 0. The van der Waals surface area contributed by atoms with E-state index in [2.05, 4.69) is 10.3 Å². The van der Waals surface area contributed by atoms with Gasteiger partial charge in [0.25, 0.3) is 5.91 Å². The van der Waals surface area contributed by atoms with Crippen molar-refractivity contribution >= 4 is 35.1 Å². The van der Waals surface area contributed by atoms with Gasteiger partial charge in [-0.2, -0.15) is 0 Å². The quantitative estimate of drug-likeness (QED) is 0.375. The van der Waals surface area contributed by atoms with Gasteiger partial charge in [-0.1, -0.05) is 35.3 Å². The molecule has 0 aliphatic carbocycles. The summed E-state index contributed by atoms with van der Waals surface area (Å²) in [5, 5.41) is 3.21. The molecule has 1 N–H and O–H groups in total. The maximum Gasteiger partial charge on any atom is 0.338 e. The van der Waals surface area contributed by atoms with Gasteiger partial charge in [0.1, 0.15) is 22.7 Å². The molecule has 9 heteroatoms. The number of esters is 1. The molecule has 0 unspecified atom stereocenters. The lowest BCUT2D eigenvalue weighted by Crippen LogP contribution is -2.27. The van der Waals surface area contributed by atoms with E-state index in [-0.39, 0.29) is 27.2 Å². The molecule has 0 bridgehead atoms. The Labute approximate surface area is 207 Å². The summed E-state index contributed by atoms with van der Waals surface area (Å²) in [6, 6.07) is 11.4. The zero-order chi connectivity index (χ0) is 25.0. The van der Waals surface area contributed by atoms with Crippen LogP contribution < -0.4 is 10.1 Å². The second kappa shape index (κ2) is 10.4. The molecule has 0 saturated heterocycles. The van der Waals surface area contributed by atoms with Crippen LogP contribution in [0.3, 0.4) is 0 Å². The summed E-state index contributed by atoms with van der Waals surface area (Å²) in [6.07, 6.45) is 1.31. The van der Waals surface area contributed by atoms with Crippen molar-refractivity contribution in [1.29, 1.82) is 0 Å². The summed E-state index contributed by atoms with van der Waals surface area (Å²) < 4.78 is 24.6. The van der Waals surface area contributed by atoms with E-state index in [0.717, 1.165) is 17.7 Å². The number of hydrogen-bond acceptors (Lipinski definition) is 5. The van der Waals surface area contributed by atoms with Gasteiger partial charge in [0.15, 0.2) is 0 Å². The van der Waals surface area contributed by atoms with Crippen molar-refractivity contribution in [3.8, 4) is 11.6 Å². The van der Waals surface area contributed by atoms with Gasteiger partial charge in [-0.15, -0.1) is 0 Å². The highest BCUT2D eigenvalue weighted by Crippen LogP contribution is 2.29. The molecule has 6 nitrogen and oxygen atoms in total. The second-order valence-electron chi connectivity index (χ2n) is 8.53. The largest absolute Gasteiger partial charge is 0.456 e. The third kappa shape index (κ3) is 6.92. The topological polar surface area (TPSA) is 77.5 Å². The fourth-order valence-corrected chi connectivity index (χ4v) is 3.34. The molecular weight excluding hydrogens is 482 g/mol. The average Bonchev–Trinajstić information content (AvgIpc) is 2.73. The van der Waals surface area contributed by atoms with Gasteiger partial charge in [-0.3, -0.25) is 4.79 Å². The van der Waals surface area contributed by atoms with Gasteiger partial charge in [-0.25, -0.2) is 14.2 Å². The van der Waals surface area contributed by atoms with Gasteiger partial charge < -0.3 is 14.8 Å². The summed E-state index contributed by atoms with van der Waals surface area (Å²) in [6.45, 7) is 7.17. The highest BCUT2D eigenvalue weighted by atomic mass is 35.5. The van der Waals surface area contributed by atoms with Gasteiger partial charge in [0.2, 0.25) is 5.88 Å². The molecule has 1 atom stereocenters. The van der Waals surface area contributed by atoms with Crippen LogP contribution in [0.4, 0.5) is 4.39 Å². The summed E-state index contributed by atoms with van der Waals surface area (Å²) >= 11 is 11.9. The lowest BCUT2D eigenvalue weighted by atomic mass is 10.1. The zero-order valence-electron chi connectivity index (χ0n) is 19.0. The van der Waals surface area contributed by atoms with E-state index in [1.54, 1.807) is 52.0 Å². The Balaban J connectivity index is 1.76. The van der Waals surface area contributed by atoms with E-state index in [4.69, 9.17) is 32.7 Å². The van der Waals surface area contributed by atoms with Gasteiger partial charge in [-0.05, 0) is 63.6 Å². The maximum atomic E-state index is 13.7. The molecule has 0 aliphatic heterocycles. The predicted octanol–water partition coefficient (Wildman–Crippen LogP) is 6.77. The minimum atomic E-state index is -0.599. The van der Waals surface area contributed by atoms with E-state index in [0.29, 0.717) is 5.56 Å². The number of halogens is 3. The minimum Gasteiger partial charge on any atom is -0.456 e. The molecule has 0 spiro atoms. The molecule has 1 heterocycles. The van der Waals surface area contributed by atoms with Crippen LogP contribution in [0.15, 0.2) is 54.7 Å². The van der Waals surface area contributed by atoms with Crippen molar-refractivity contribution < 1.29 is 23.5 Å². The maximum absolute atomic E-state index is 13.7. The number of pyridine rings is 1. The van der Waals surface area contributed by atoms with E-state index in [9.17, 15) is 14.0 Å². The Bertz CT molecular complexity index is 1190. The van der Waals surface area contributed by atoms with Crippen LogP contribution in [0.2, 0.25) is 10.0 Å². The fraction of sp³-hybridized carbons (Fsp3) is 0.240. The van der Waals surface area contributed by atoms with E-state index >= 15 is 0 Å². The number of amides is 1. The normalized spacial score (nSPS) is 12.1. The highest BCUT2D eigenvalue weighted by Gasteiger charge is 2.20. The number of benzene rings is 2. The lowest BCUT2D eigenvalue weighted by molar-refractivity contribution is 0.00693. The molecule has 0 fully saturated rings. The average molecular weight is 505 g/mol. The molecule has 1 amide bonds. The smallest absolute Gasteiger partial charge is 0.338 e. The molecule has 1 aromatic heterocycles. The first kappa shape index (κ1) is 25.5. The van der Waals surface area contributed by atoms with E-state index in [1.807, 2.05) is 0 Å². The number of nitrogens with zero attached hydrogens (tertiary/aromatic N) is 1. The number of nitrogens with one attached hydrogen (secondary N) is 1. The van der Waals surface area contributed by atoms with Gasteiger partial charge in [0.05, 0.1) is 16.6 Å². The van der Waals surface area contributed by atoms with Gasteiger partial charge in [0, 0.05) is 17.3 Å². The van der Waals surface area contributed by atoms with E-state index < -0.39 is 29.3 Å². The van der Waals surface area contributed by atoms with Crippen LogP contribution in [0.1, 0.15) is 60.0 Å². The first-order chi connectivity index (χ1) is 15.9. The van der Waals surface area contributed by atoms with Crippen LogP contribution in [0, 0.1) is 5.82 Å². The molecule has 3 aromatic rings. The molecule has 178 valence electrons. The summed E-state index contributed by atoms with van der Waals surface area (Å²) in [5.74, 6) is -1.50.